The zero-order chi connectivity index (χ0) is 20.3. The largest absolute Gasteiger partial charge is 0.491 e. The van der Waals surface area contributed by atoms with Gasteiger partial charge in [-0.25, -0.2) is 4.98 Å². The zero-order valence-electron chi connectivity index (χ0n) is 16.2. The fourth-order valence-electron chi connectivity index (χ4n) is 2.86. The molecule has 2 aromatic heterocycles. The lowest BCUT2D eigenvalue weighted by Crippen LogP contribution is -2.18. The maximum atomic E-state index is 12.6. The van der Waals surface area contributed by atoms with Crippen LogP contribution in [0.15, 0.2) is 18.2 Å². The molecule has 4 N–H and O–H groups in total. The lowest BCUT2D eigenvalue weighted by atomic mass is 10.1. The van der Waals surface area contributed by atoms with Crippen LogP contribution in [0.4, 0.5) is 5.95 Å². The first-order valence-electron chi connectivity index (χ1n) is 9.25. The van der Waals surface area contributed by atoms with Crippen LogP contribution < -0.4 is 15.8 Å². The monoisotopic (exact) mass is 384 g/mol. The summed E-state index contributed by atoms with van der Waals surface area (Å²) in [4.78, 5) is 31.7. The van der Waals surface area contributed by atoms with E-state index in [0.717, 1.165) is 18.5 Å². The van der Waals surface area contributed by atoms with E-state index in [1.807, 2.05) is 13.8 Å². The maximum absolute atomic E-state index is 12.6. The highest BCUT2D eigenvalue weighted by atomic mass is 16.5. The van der Waals surface area contributed by atoms with Crippen LogP contribution in [0.3, 0.4) is 0 Å². The van der Waals surface area contributed by atoms with E-state index in [1.54, 1.807) is 22.9 Å². The van der Waals surface area contributed by atoms with Gasteiger partial charge in [-0.05, 0) is 38.5 Å². The predicted molar refractivity (Wildman–Crippen MR) is 106 cm³/mol. The summed E-state index contributed by atoms with van der Waals surface area (Å²) in [6.45, 7) is 6.88. The molecule has 0 spiro atoms. The van der Waals surface area contributed by atoms with Crippen molar-refractivity contribution in [3.05, 3.63) is 35.2 Å². The van der Waals surface area contributed by atoms with Gasteiger partial charge in [0.05, 0.1) is 17.8 Å². The van der Waals surface area contributed by atoms with Crippen molar-refractivity contribution < 1.29 is 14.3 Å². The number of imidazole rings is 1. The standard InChI is InChI=1S/C19H24N6O3/c1-4-6-7-28-15-10-12(17(20)26)9-13-16(15)22-19(21-13)23-18(27)14-8-11(3)24-25(14)5-2/h8-10H,4-7H2,1-3H3,(H2,20,26)(H2,21,22,23,27). The number of H-pyrrole nitrogens is 1. The highest BCUT2D eigenvalue weighted by molar-refractivity contribution is 6.03. The van der Waals surface area contributed by atoms with Crippen LogP contribution in [0, 0.1) is 6.92 Å². The van der Waals surface area contributed by atoms with Gasteiger partial charge in [0.15, 0.2) is 0 Å². The minimum absolute atomic E-state index is 0.253. The number of aryl methyl sites for hydroxylation is 2. The molecule has 2 heterocycles. The van der Waals surface area contributed by atoms with E-state index < -0.39 is 5.91 Å². The summed E-state index contributed by atoms with van der Waals surface area (Å²) in [5, 5.41) is 7.02. The number of anilines is 1. The first-order chi connectivity index (χ1) is 13.4. The van der Waals surface area contributed by atoms with Gasteiger partial charge in [-0.15, -0.1) is 0 Å². The number of aromatic amines is 1. The molecule has 3 rings (SSSR count). The van der Waals surface area contributed by atoms with Crippen LogP contribution in [0.25, 0.3) is 11.0 Å². The molecule has 0 radical (unpaired) electrons. The van der Waals surface area contributed by atoms with Gasteiger partial charge in [-0.1, -0.05) is 13.3 Å². The minimum atomic E-state index is -0.565. The predicted octanol–water partition coefficient (Wildman–Crippen LogP) is 2.62. The number of amides is 2. The summed E-state index contributed by atoms with van der Waals surface area (Å²) in [5.41, 5.74) is 8.00. The summed E-state index contributed by atoms with van der Waals surface area (Å²) in [5.74, 6) is -0.191. The van der Waals surface area contributed by atoms with Gasteiger partial charge in [0, 0.05) is 12.1 Å². The van der Waals surface area contributed by atoms with Crippen molar-refractivity contribution >= 4 is 28.8 Å². The zero-order valence-corrected chi connectivity index (χ0v) is 16.2. The van der Waals surface area contributed by atoms with Gasteiger partial charge in [0.1, 0.15) is 17.0 Å². The number of benzene rings is 1. The fourth-order valence-corrected chi connectivity index (χ4v) is 2.86. The molecule has 148 valence electrons. The Labute approximate surface area is 162 Å². The molecular formula is C19H24N6O3. The molecule has 2 amide bonds. The number of rotatable bonds is 8. The first kappa shape index (κ1) is 19.4. The van der Waals surface area contributed by atoms with E-state index in [9.17, 15) is 9.59 Å². The Kier molecular flexibility index (Phi) is 5.62. The average Bonchev–Trinajstić information content (AvgIpc) is 3.24. The van der Waals surface area contributed by atoms with Crippen molar-refractivity contribution in [1.82, 2.24) is 19.7 Å². The second-order valence-corrected chi connectivity index (χ2v) is 6.46. The van der Waals surface area contributed by atoms with Crippen molar-refractivity contribution in [2.75, 3.05) is 11.9 Å². The number of carbonyl (C=O) groups excluding carboxylic acids is 2. The summed E-state index contributed by atoms with van der Waals surface area (Å²) in [7, 11) is 0. The normalized spacial score (nSPS) is 11.0. The summed E-state index contributed by atoms with van der Waals surface area (Å²) < 4.78 is 7.40. The summed E-state index contributed by atoms with van der Waals surface area (Å²) in [6, 6.07) is 4.88. The molecule has 0 saturated heterocycles. The highest BCUT2D eigenvalue weighted by Crippen LogP contribution is 2.28. The molecule has 28 heavy (non-hydrogen) atoms. The number of nitrogens with two attached hydrogens (primary N) is 1. The number of ether oxygens (including phenoxy) is 1. The molecular weight excluding hydrogens is 360 g/mol. The molecule has 0 atom stereocenters. The number of nitrogens with one attached hydrogen (secondary N) is 2. The third-order valence-corrected chi connectivity index (χ3v) is 4.26. The van der Waals surface area contributed by atoms with Crippen LogP contribution in [-0.4, -0.2) is 38.2 Å². The smallest absolute Gasteiger partial charge is 0.276 e. The van der Waals surface area contributed by atoms with Crippen molar-refractivity contribution in [2.45, 2.75) is 40.2 Å². The number of hydrogen-bond acceptors (Lipinski definition) is 5. The van der Waals surface area contributed by atoms with E-state index in [0.29, 0.717) is 41.2 Å². The van der Waals surface area contributed by atoms with Crippen LogP contribution in [-0.2, 0) is 6.54 Å². The Morgan fingerprint density at radius 2 is 2.07 bits per heavy atom. The van der Waals surface area contributed by atoms with Crippen molar-refractivity contribution in [1.29, 1.82) is 0 Å². The van der Waals surface area contributed by atoms with Gasteiger partial charge in [-0.2, -0.15) is 5.10 Å². The van der Waals surface area contributed by atoms with E-state index in [1.165, 1.54) is 0 Å². The second-order valence-electron chi connectivity index (χ2n) is 6.46. The molecule has 0 bridgehead atoms. The quantitative estimate of drug-likeness (QED) is 0.514. The van der Waals surface area contributed by atoms with Crippen LogP contribution in [0.5, 0.6) is 5.75 Å². The van der Waals surface area contributed by atoms with Gasteiger partial charge < -0.3 is 15.5 Å². The number of primary amides is 1. The molecule has 1 aromatic carbocycles. The molecule has 0 fully saturated rings. The molecule has 0 saturated carbocycles. The fraction of sp³-hybridized carbons (Fsp3) is 0.368. The van der Waals surface area contributed by atoms with Gasteiger partial charge in [0.25, 0.3) is 5.91 Å². The van der Waals surface area contributed by atoms with Crippen LogP contribution in [0.2, 0.25) is 0 Å². The Bertz CT molecular complexity index is 1020. The van der Waals surface area contributed by atoms with Gasteiger partial charge >= 0.3 is 0 Å². The molecule has 0 aliphatic heterocycles. The first-order valence-corrected chi connectivity index (χ1v) is 9.25. The molecule has 9 heteroatoms. The van der Waals surface area contributed by atoms with E-state index in [4.69, 9.17) is 10.5 Å². The third-order valence-electron chi connectivity index (χ3n) is 4.26. The van der Waals surface area contributed by atoms with Crippen molar-refractivity contribution in [3.8, 4) is 5.75 Å². The van der Waals surface area contributed by atoms with Crippen LogP contribution >= 0.6 is 0 Å². The van der Waals surface area contributed by atoms with Crippen LogP contribution in [0.1, 0.15) is 53.2 Å². The maximum Gasteiger partial charge on any atom is 0.276 e. The van der Waals surface area contributed by atoms with E-state index >= 15 is 0 Å². The molecule has 0 unspecified atom stereocenters. The minimum Gasteiger partial charge on any atom is -0.491 e. The topological polar surface area (TPSA) is 128 Å². The third kappa shape index (κ3) is 3.98. The molecule has 9 nitrogen and oxygen atoms in total. The molecule has 0 aliphatic rings. The Morgan fingerprint density at radius 1 is 1.29 bits per heavy atom. The second kappa shape index (κ2) is 8.12. The van der Waals surface area contributed by atoms with E-state index in [2.05, 4.69) is 27.3 Å². The number of aromatic nitrogens is 4. The number of fused-ring (bicyclic) bond motifs is 1. The lowest BCUT2D eigenvalue weighted by Gasteiger charge is -2.07. The Balaban J connectivity index is 1.92. The Hall–Kier alpha value is -3.36. The average molecular weight is 384 g/mol. The van der Waals surface area contributed by atoms with Gasteiger partial charge in [-0.3, -0.25) is 19.6 Å². The molecule has 0 aliphatic carbocycles. The molecule has 3 aromatic rings. The number of unbranched alkanes of at least 4 members (excludes halogenated alkanes) is 1. The Morgan fingerprint density at radius 3 is 2.75 bits per heavy atom. The summed E-state index contributed by atoms with van der Waals surface area (Å²) in [6.07, 6.45) is 1.85. The van der Waals surface area contributed by atoms with Crippen molar-refractivity contribution in [3.63, 3.8) is 0 Å². The highest BCUT2D eigenvalue weighted by Gasteiger charge is 2.17. The van der Waals surface area contributed by atoms with E-state index in [-0.39, 0.29) is 11.9 Å². The number of carbonyl (C=O) groups is 2. The van der Waals surface area contributed by atoms with Gasteiger partial charge in [0.2, 0.25) is 11.9 Å². The SMILES string of the molecule is CCCCOc1cc(C(N)=O)cc2[nH]c(NC(=O)c3cc(C)nn3CC)nc12. The number of nitrogens with zero attached hydrogens (tertiary/aromatic N) is 3. The summed E-state index contributed by atoms with van der Waals surface area (Å²) >= 11 is 0. The lowest BCUT2D eigenvalue weighted by molar-refractivity contribution is 0.0995. The van der Waals surface area contributed by atoms with Crippen molar-refractivity contribution in [2.24, 2.45) is 5.73 Å². The number of hydrogen-bond donors (Lipinski definition) is 3.